The fourth-order valence-corrected chi connectivity index (χ4v) is 2.26. The quantitative estimate of drug-likeness (QED) is 0.905. The summed E-state index contributed by atoms with van der Waals surface area (Å²) in [7, 11) is 0. The molecule has 90 valence electrons. The number of amides is 1. The lowest BCUT2D eigenvalue weighted by Gasteiger charge is -2.11. The number of nitrogens with zero attached hydrogens (tertiary/aromatic N) is 2. The van der Waals surface area contributed by atoms with E-state index in [0.717, 1.165) is 11.4 Å². The Hall–Kier alpha value is -1.62. The van der Waals surface area contributed by atoms with Crippen LogP contribution in [0.4, 0.5) is 5.82 Å². The first-order valence-corrected chi connectivity index (χ1v) is 6.45. The Kier molecular flexibility index (Phi) is 3.58. The third kappa shape index (κ3) is 2.94. The molecule has 0 aliphatic carbocycles. The molecule has 0 atom stereocenters. The highest BCUT2D eigenvalue weighted by molar-refractivity contribution is 7.08. The highest BCUT2D eigenvalue weighted by Gasteiger charge is 2.09. The van der Waals surface area contributed by atoms with E-state index >= 15 is 0 Å². The number of anilines is 1. The van der Waals surface area contributed by atoms with E-state index in [0.29, 0.717) is 6.42 Å². The zero-order valence-corrected chi connectivity index (χ0v) is 10.7. The first kappa shape index (κ1) is 11.9. The van der Waals surface area contributed by atoms with Crippen molar-refractivity contribution in [2.75, 3.05) is 5.32 Å². The van der Waals surface area contributed by atoms with Gasteiger partial charge >= 0.3 is 0 Å². The number of aromatic nitrogens is 2. The van der Waals surface area contributed by atoms with Crippen LogP contribution in [0.5, 0.6) is 0 Å². The molecule has 4 nitrogen and oxygen atoms in total. The predicted molar refractivity (Wildman–Crippen MR) is 69.3 cm³/mol. The SMILES string of the molecule is CC(C)n1nccc1NC(=O)Cc1ccsc1. The lowest BCUT2D eigenvalue weighted by molar-refractivity contribution is -0.115. The van der Waals surface area contributed by atoms with Gasteiger partial charge in [0.25, 0.3) is 0 Å². The number of thiophene rings is 1. The number of nitrogens with one attached hydrogen (secondary N) is 1. The first-order valence-electron chi connectivity index (χ1n) is 5.51. The Balaban J connectivity index is 2.01. The molecule has 2 aromatic heterocycles. The van der Waals surface area contributed by atoms with Gasteiger partial charge in [-0.05, 0) is 36.2 Å². The van der Waals surface area contributed by atoms with Crippen molar-refractivity contribution in [1.29, 1.82) is 0 Å². The van der Waals surface area contributed by atoms with E-state index in [-0.39, 0.29) is 11.9 Å². The second kappa shape index (κ2) is 5.14. The summed E-state index contributed by atoms with van der Waals surface area (Å²) in [5.41, 5.74) is 1.04. The van der Waals surface area contributed by atoms with Gasteiger partial charge in [0, 0.05) is 12.1 Å². The summed E-state index contributed by atoms with van der Waals surface area (Å²) >= 11 is 1.60. The van der Waals surface area contributed by atoms with Crippen LogP contribution >= 0.6 is 11.3 Å². The fraction of sp³-hybridized carbons (Fsp3) is 0.333. The lowest BCUT2D eigenvalue weighted by atomic mass is 10.2. The van der Waals surface area contributed by atoms with Crippen molar-refractivity contribution in [3.63, 3.8) is 0 Å². The number of rotatable bonds is 4. The largest absolute Gasteiger partial charge is 0.311 e. The van der Waals surface area contributed by atoms with Crippen molar-refractivity contribution in [2.45, 2.75) is 26.3 Å². The van der Waals surface area contributed by atoms with Gasteiger partial charge in [-0.3, -0.25) is 4.79 Å². The van der Waals surface area contributed by atoms with Crippen LogP contribution < -0.4 is 5.32 Å². The summed E-state index contributed by atoms with van der Waals surface area (Å²) in [6, 6.07) is 4.01. The maximum Gasteiger partial charge on any atom is 0.229 e. The fourth-order valence-electron chi connectivity index (χ4n) is 1.59. The van der Waals surface area contributed by atoms with Crippen LogP contribution in [0.25, 0.3) is 0 Å². The van der Waals surface area contributed by atoms with E-state index in [1.165, 1.54) is 0 Å². The van der Waals surface area contributed by atoms with Crippen molar-refractivity contribution < 1.29 is 4.79 Å². The molecule has 0 unspecified atom stereocenters. The predicted octanol–water partition coefficient (Wildman–Crippen LogP) is 2.71. The van der Waals surface area contributed by atoms with E-state index in [1.807, 2.05) is 36.7 Å². The van der Waals surface area contributed by atoms with E-state index in [9.17, 15) is 4.79 Å². The summed E-state index contributed by atoms with van der Waals surface area (Å²) in [4.78, 5) is 11.8. The lowest BCUT2D eigenvalue weighted by Crippen LogP contribution is -2.18. The normalized spacial score (nSPS) is 10.8. The van der Waals surface area contributed by atoms with Crippen molar-refractivity contribution in [2.24, 2.45) is 0 Å². The molecule has 2 heterocycles. The van der Waals surface area contributed by atoms with E-state index in [4.69, 9.17) is 0 Å². The summed E-state index contributed by atoms with van der Waals surface area (Å²) in [5, 5.41) is 11.0. The Bertz CT molecular complexity index is 488. The molecule has 17 heavy (non-hydrogen) atoms. The molecule has 0 saturated carbocycles. The van der Waals surface area contributed by atoms with Crippen molar-refractivity contribution in [1.82, 2.24) is 9.78 Å². The Morgan fingerprint density at radius 2 is 2.35 bits per heavy atom. The highest BCUT2D eigenvalue weighted by Crippen LogP contribution is 2.14. The number of carbonyl (C=O) groups excluding carboxylic acids is 1. The maximum atomic E-state index is 11.8. The number of hydrogen-bond acceptors (Lipinski definition) is 3. The molecule has 5 heteroatoms. The molecule has 0 fully saturated rings. The first-order chi connectivity index (χ1) is 8.16. The summed E-state index contributed by atoms with van der Waals surface area (Å²) in [6.45, 7) is 4.06. The van der Waals surface area contributed by atoms with E-state index in [1.54, 1.807) is 22.2 Å². The number of carbonyl (C=O) groups is 1. The molecule has 0 saturated heterocycles. The van der Waals surface area contributed by atoms with Crippen LogP contribution in [0.15, 0.2) is 29.1 Å². The van der Waals surface area contributed by atoms with Gasteiger partial charge in [0.05, 0.1) is 12.6 Å². The maximum absolute atomic E-state index is 11.8. The Labute approximate surface area is 104 Å². The van der Waals surface area contributed by atoms with E-state index in [2.05, 4.69) is 10.4 Å². The molecule has 1 amide bonds. The molecule has 1 N–H and O–H groups in total. The minimum Gasteiger partial charge on any atom is -0.311 e. The zero-order valence-electron chi connectivity index (χ0n) is 9.88. The third-order valence-corrected chi connectivity index (χ3v) is 3.10. The molecule has 2 aromatic rings. The summed E-state index contributed by atoms with van der Waals surface area (Å²) in [5.74, 6) is 0.742. The van der Waals surface area contributed by atoms with Crippen LogP contribution in [0.3, 0.4) is 0 Å². The summed E-state index contributed by atoms with van der Waals surface area (Å²) < 4.78 is 1.80. The smallest absolute Gasteiger partial charge is 0.229 e. The summed E-state index contributed by atoms with van der Waals surface area (Å²) in [6.07, 6.45) is 2.10. The van der Waals surface area contributed by atoms with Gasteiger partial charge in [-0.1, -0.05) is 0 Å². The molecule has 0 aliphatic heterocycles. The van der Waals surface area contributed by atoms with Crippen LogP contribution in [0, 0.1) is 0 Å². The zero-order chi connectivity index (χ0) is 12.3. The Morgan fingerprint density at radius 3 is 3.00 bits per heavy atom. The average Bonchev–Trinajstić information content (AvgIpc) is 2.88. The van der Waals surface area contributed by atoms with Gasteiger partial charge in [-0.15, -0.1) is 0 Å². The van der Waals surface area contributed by atoms with E-state index < -0.39 is 0 Å². The molecule has 0 radical (unpaired) electrons. The standard InChI is InChI=1S/C12H15N3OS/c1-9(2)15-11(3-5-13-15)14-12(16)7-10-4-6-17-8-10/h3-6,8-9H,7H2,1-2H3,(H,14,16). The molecule has 0 bridgehead atoms. The van der Waals surface area contributed by atoms with Crippen LogP contribution in [0.2, 0.25) is 0 Å². The number of hydrogen-bond donors (Lipinski definition) is 1. The van der Waals surface area contributed by atoms with Gasteiger partial charge < -0.3 is 5.32 Å². The Morgan fingerprint density at radius 1 is 1.53 bits per heavy atom. The van der Waals surface area contributed by atoms with Gasteiger partial charge in [0.2, 0.25) is 5.91 Å². The van der Waals surface area contributed by atoms with Gasteiger partial charge in [-0.25, -0.2) is 4.68 Å². The molecular formula is C12H15N3OS. The van der Waals surface area contributed by atoms with Gasteiger partial charge in [0.15, 0.2) is 0 Å². The second-order valence-corrected chi connectivity index (χ2v) is 4.89. The molecule has 0 aromatic carbocycles. The van der Waals surface area contributed by atoms with Crippen LogP contribution in [-0.4, -0.2) is 15.7 Å². The van der Waals surface area contributed by atoms with Crippen molar-refractivity contribution in [3.05, 3.63) is 34.7 Å². The third-order valence-electron chi connectivity index (χ3n) is 2.37. The van der Waals surface area contributed by atoms with Gasteiger partial charge in [0.1, 0.15) is 5.82 Å². The molecule has 0 aliphatic rings. The second-order valence-electron chi connectivity index (χ2n) is 4.11. The van der Waals surface area contributed by atoms with Crippen LogP contribution in [0.1, 0.15) is 25.5 Å². The average molecular weight is 249 g/mol. The minimum absolute atomic E-state index is 0.00852. The minimum atomic E-state index is -0.00852. The topological polar surface area (TPSA) is 46.9 Å². The highest BCUT2D eigenvalue weighted by atomic mass is 32.1. The van der Waals surface area contributed by atoms with Gasteiger partial charge in [-0.2, -0.15) is 16.4 Å². The van der Waals surface area contributed by atoms with Crippen molar-refractivity contribution >= 4 is 23.1 Å². The molecule has 2 rings (SSSR count). The van der Waals surface area contributed by atoms with Crippen LogP contribution in [-0.2, 0) is 11.2 Å². The monoisotopic (exact) mass is 249 g/mol. The molecule has 0 spiro atoms. The molecular weight excluding hydrogens is 234 g/mol. The van der Waals surface area contributed by atoms with Crippen molar-refractivity contribution in [3.8, 4) is 0 Å².